The van der Waals surface area contributed by atoms with Crippen molar-refractivity contribution in [3.8, 4) is 17.2 Å². The summed E-state index contributed by atoms with van der Waals surface area (Å²) in [5.41, 5.74) is 0.774. The maximum absolute atomic E-state index is 9.34. The molecule has 2 N–H and O–H groups in total. The van der Waals surface area contributed by atoms with Crippen LogP contribution in [0.4, 0.5) is 5.69 Å². The fourth-order valence-electron chi connectivity index (χ4n) is 2.75. The zero-order chi connectivity index (χ0) is 16.8. The van der Waals surface area contributed by atoms with Crippen molar-refractivity contribution in [3.63, 3.8) is 0 Å². The molecule has 1 atom stereocenters. The third-order valence-electron chi connectivity index (χ3n) is 3.98. The standard InChI is InChI=1S/C16H24N2O4S/c1-20-13-7-12(8-14(21-2)15(13)22-3)17-16(23)18-6-4-5-11(9-18)10-19/h7-8,11,19H,4-6,9-10H2,1-3H3,(H,17,23)/t11-/m0/s1. The minimum absolute atomic E-state index is 0.198. The number of ether oxygens (including phenoxy) is 3. The van der Waals surface area contributed by atoms with Gasteiger partial charge in [-0.2, -0.15) is 0 Å². The predicted octanol–water partition coefficient (Wildman–Crippen LogP) is 2.11. The van der Waals surface area contributed by atoms with Gasteiger partial charge in [0.05, 0.1) is 21.3 Å². The fourth-order valence-corrected chi connectivity index (χ4v) is 3.04. The summed E-state index contributed by atoms with van der Waals surface area (Å²) in [6.07, 6.45) is 2.07. The normalized spacial score (nSPS) is 17.6. The molecule has 1 heterocycles. The van der Waals surface area contributed by atoms with E-state index in [0.29, 0.717) is 22.4 Å². The van der Waals surface area contributed by atoms with Gasteiger partial charge in [-0.3, -0.25) is 0 Å². The molecule has 0 bridgehead atoms. The summed E-state index contributed by atoms with van der Waals surface area (Å²) in [5.74, 6) is 1.97. The quantitative estimate of drug-likeness (QED) is 0.796. The molecule has 128 valence electrons. The van der Waals surface area contributed by atoms with Gasteiger partial charge >= 0.3 is 0 Å². The van der Waals surface area contributed by atoms with E-state index in [-0.39, 0.29) is 12.5 Å². The van der Waals surface area contributed by atoms with Gasteiger partial charge in [-0.1, -0.05) is 0 Å². The van der Waals surface area contributed by atoms with Crippen molar-refractivity contribution in [1.82, 2.24) is 4.90 Å². The third kappa shape index (κ3) is 4.17. The second-order valence-electron chi connectivity index (χ2n) is 5.48. The highest BCUT2D eigenvalue weighted by Crippen LogP contribution is 2.40. The topological polar surface area (TPSA) is 63.2 Å². The zero-order valence-corrected chi connectivity index (χ0v) is 14.6. The lowest BCUT2D eigenvalue weighted by atomic mass is 9.99. The minimum Gasteiger partial charge on any atom is -0.493 e. The summed E-state index contributed by atoms with van der Waals surface area (Å²) in [6, 6.07) is 3.64. The zero-order valence-electron chi connectivity index (χ0n) is 13.8. The van der Waals surface area contributed by atoms with Crippen molar-refractivity contribution >= 4 is 23.0 Å². The van der Waals surface area contributed by atoms with Gasteiger partial charge in [-0.25, -0.2) is 0 Å². The summed E-state index contributed by atoms with van der Waals surface area (Å²) in [6.45, 7) is 1.86. The van der Waals surface area contributed by atoms with E-state index in [9.17, 15) is 5.11 Å². The van der Waals surface area contributed by atoms with Gasteiger partial charge in [0.2, 0.25) is 5.75 Å². The van der Waals surface area contributed by atoms with Gasteiger partial charge in [0.25, 0.3) is 0 Å². The molecule has 0 aliphatic carbocycles. The first-order valence-corrected chi connectivity index (χ1v) is 8.00. The van der Waals surface area contributed by atoms with E-state index in [1.54, 1.807) is 21.3 Å². The number of thiocarbonyl (C=S) groups is 1. The van der Waals surface area contributed by atoms with E-state index in [4.69, 9.17) is 26.4 Å². The average molecular weight is 340 g/mol. The van der Waals surface area contributed by atoms with E-state index in [1.807, 2.05) is 12.1 Å². The van der Waals surface area contributed by atoms with Gasteiger partial charge in [0, 0.05) is 37.5 Å². The second kappa shape index (κ2) is 8.21. The molecule has 0 radical (unpaired) electrons. The number of benzene rings is 1. The summed E-state index contributed by atoms with van der Waals surface area (Å²) < 4.78 is 16.0. The number of hydrogen-bond acceptors (Lipinski definition) is 5. The Morgan fingerprint density at radius 1 is 1.26 bits per heavy atom. The number of aliphatic hydroxyl groups is 1. The minimum atomic E-state index is 0.198. The van der Waals surface area contributed by atoms with Gasteiger partial charge in [0.15, 0.2) is 16.6 Å². The molecule has 0 saturated carbocycles. The van der Waals surface area contributed by atoms with Crippen molar-refractivity contribution in [1.29, 1.82) is 0 Å². The highest BCUT2D eigenvalue weighted by Gasteiger charge is 2.22. The first kappa shape index (κ1) is 17.6. The first-order chi connectivity index (χ1) is 11.1. The lowest BCUT2D eigenvalue weighted by Crippen LogP contribution is -2.43. The molecular formula is C16H24N2O4S. The summed E-state index contributed by atoms with van der Waals surface area (Å²) >= 11 is 5.50. The van der Waals surface area contributed by atoms with Crippen LogP contribution in [-0.4, -0.2) is 56.1 Å². The van der Waals surface area contributed by atoms with Crippen molar-refractivity contribution < 1.29 is 19.3 Å². The molecule has 0 spiro atoms. The van der Waals surface area contributed by atoms with Crippen LogP contribution in [0, 0.1) is 5.92 Å². The highest BCUT2D eigenvalue weighted by atomic mass is 32.1. The lowest BCUT2D eigenvalue weighted by molar-refractivity contribution is 0.162. The number of rotatable bonds is 5. The number of aliphatic hydroxyl groups excluding tert-OH is 1. The van der Waals surface area contributed by atoms with Crippen molar-refractivity contribution in [2.75, 3.05) is 46.3 Å². The van der Waals surface area contributed by atoms with E-state index < -0.39 is 0 Å². The summed E-state index contributed by atoms with van der Waals surface area (Å²) in [5, 5.41) is 13.2. The van der Waals surface area contributed by atoms with Crippen LogP contribution >= 0.6 is 12.2 Å². The molecule has 1 aliphatic rings. The Kier molecular flexibility index (Phi) is 6.29. The first-order valence-electron chi connectivity index (χ1n) is 7.59. The lowest BCUT2D eigenvalue weighted by Gasteiger charge is -2.33. The van der Waals surface area contributed by atoms with Gasteiger partial charge in [-0.05, 0) is 31.0 Å². The van der Waals surface area contributed by atoms with Crippen molar-refractivity contribution in [2.24, 2.45) is 5.92 Å². The van der Waals surface area contributed by atoms with Crippen LogP contribution in [0.15, 0.2) is 12.1 Å². The molecule has 1 fully saturated rings. The third-order valence-corrected chi connectivity index (χ3v) is 4.34. The molecule has 6 nitrogen and oxygen atoms in total. The molecule has 0 aromatic heterocycles. The summed E-state index contributed by atoms with van der Waals surface area (Å²) in [7, 11) is 4.73. The van der Waals surface area contributed by atoms with Crippen LogP contribution in [-0.2, 0) is 0 Å². The maximum atomic E-state index is 9.34. The SMILES string of the molecule is COc1cc(NC(=S)N2CCC[C@H](CO)C2)cc(OC)c1OC. The molecule has 23 heavy (non-hydrogen) atoms. The Bertz CT molecular complexity index is 528. The fraction of sp³-hybridized carbons (Fsp3) is 0.562. The number of piperidine rings is 1. The number of methoxy groups -OCH3 is 3. The number of likely N-dealkylation sites (tertiary alicyclic amines) is 1. The predicted molar refractivity (Wildman–Crippen MR) is 93.7 cm³/mol. The van der Waals surface area contributed by atoms with Crippen LogP contribution in [0.2, 0.25) is 0 Å². The molecule has 7 heteroatoms. The van der Waals surface area contributed by atoms with Crippen LogP contribution in [0.1, 0.15) is 12.8 Å². The smallest absolute Gasteiger partial charge is 0.203 e. The average Bonchev–Trinajstić information content (AvgIpc) is 2.60. The van der Waals surface area contributed by atoms with Crippen molar-refractivity contribution in [2.45, 2.75) is 12.8 Å². The Hall–Kier alpha value is -1.73. The largest absolute Gasteiger partial charge is 0.493 e. The molecule has 0 unspecified atom stereocenters. The van der Waals surface area contributed by atoms with Gasteiger partial charge in [-0.15, -0.1) is 0 Å². The molecule has 2 rings (SSSR count). The van der Waals surface area contributed by atoms with Crippen molar-refractivity contribution in [3.05, 3.63) is 12.1 Å². The van der Waals surface area contributed by atoms with Gasteiger partial charge < -0.3 is 29.5 Å². The van der Waals surface area contributed by atoms with Crippen LogP contribution in [0.5, 0.6) is 17.2 Å². The van der Waals surface area contributed by atoms with E-state index in [2.05, 4.69) is 10.2 Å². The summed E-state index contributed by atoms with van der Waals surface area (Å²) in [4.78, 5) is 2.09. The number of hydrogen-bond donors (Lipinski definition) is 2. The van der Waals surface area contributed by atoms with Crippen LogP contribution < -0.4 is 19.5 Å². The Morgan fingerprint density at radius 3 is 2.43 bits per heavy atom. The molecule has 1 aliphatic heterocycles. The second-order valence-corrected chi connectivity index (χ2v) is 5.87. The number of nitrogens with one attached hydrogen (secondary N) is 1. The van der Waals surface area contributed by atoms with E-state index in [1.165, 1.54) is 0 Å². The molecular weight excluding hydrogens is 316 g/mol. The monoisotopic (exact) mass is 340 g/mol. The molecule has 1 aromatic carbocycles. The highest BCUT2D eigenvalue weighted by molar-refractivity contribution is 7.80. The van der Waals surface area contributed by atoms with Crippen LogP contribution in [0.3, 0.4) is 0 Å². The number of nitrogens with zero attached hydrogens (tertiary/aromatic N) is 1. The Labute approximate surface area is 142 Å². The van der Waals surface area contributed by atoms with E-state index in [0.717, 1.165) is 31.6 Å². The Morgan fingerprint density at radius 2 is 1.91 bits per heavy atom. The number of anilines is 1. The molecule has 1 aromatic rings. The molecule has 0 amide bonds. The van der Waals surface area contributed by atoms with Gasteiger partial charge in [0.1, 0.15) is 0 Å². The van der Waals surface area contributed by atoms with E-state index >= 15 is 0 Å². The Balaban J connectivity index is 2.14. The molecule has 1 saturated heterocycles. The van der Waals surface area contributed by atoms with Crippen LogP contribution in [0.25, 0.3) is 0 Å². The maximum Gasteiger partial charge on any atom is 0.203 e.